The minimum absolute atomic E-state index is 0.205. The van der Waals surface area contributed by atoms with Crippen molar-refractivity contribution in [3.05, 3.63) is 42.2 Å². The summed E-state index contributed by atoms with van der Waals surface area (Å²) in [7, 11) is -3.51. The first-order valence-electron chi connectivity index (χ1n) is 6.88. The highest BCUT2D eigenvalue weighted by Gasteiger charge is 2.14. The lowest BCUT2D eigenvalue weighted by atomic mass is 10.1. The number of aryl methyl sites for hydroxylation is 2. The molecule has 114 valence electrons. The molecule has 0 bridgehead atoms. The van der Waals surface area contributed by atoms with Gasteiger partial charge in [-0.2, -0.15) is 5.10 Å². The number of nitrogen functional groups attached to an aromatic ring is 1. The maximum Gasteiger partial charge on any atom is 0.240 e. The monoisotopic (exact) mass is 308 g/mol. The van der Waals surface area contributed by atoms with Crippen molar-refractivity contribution in [2.45, 2.75) is 31.2 Å². The first-order valence-corrected chi connectivity index (χ1v) is 8.36. The number of anilines is 1. The molecule has 0 amide bonds. The number of sulfonamides is 1. The van der Waals surface area contributed by atoms with Gasteiger partial charge in [-0.25, -0.2) is 13.1 Å². The van der Waals surface area contributed by atoms with Gasteiger partial charge in [-0.1, -0.05) is 13.0 Å². The summed E-state index contributed by atoms with van der Waals surface area (Å²) in [5.41, 5.74) is 7.31. The normalized spacial score (nSPS) is 11.7. The molecule has 3 N–H and O–H groups in total. The van der Waals surface area contributed by atoms with Gasteiger partial charge in [0.15, 0.2) is 0 Å². The molecule has 1 aromatic carbocycles. The molecule has 7 heteroatoms. The molecule has 0 aliphatic rings. The largest absolute Gasteiger partial charge is 0.398 e. The zero-order valence-electron chi connectivity index (χ0n) is 12.0. The molecule has 0 fully saturated rings. The number of nitrogens with one attached hydrogen (secondary N) is 1. The molecule has 2 aromatic rings. The molecule has 0 aliphatic carbocycles. The number of aromatic nitrogens is 2. The van der Waals surface area contributed by atoms with Gasteiger partial charge in [0.05, 0.1) is 4.90 Å². The Balaban J connectivity index is 1.93. The summed E-state index contributed by atoms with van der Waals surface area (Å²) in [5.74, 6) is 0. The fraction of sp³-hybridized carbons (Fsp3) is 0.357. The highest BCUT2D eigenvalue weighted by atomic mass is 32.2. The summed E-state index contributed by atoms with van der Waals surface area (Å²) >= 11 is 0. The minimum atomic E-state index is -3.51. The van der Waals surface area contributed by atoms with Crippen LogP contribution >= 0.6 is 0 Å². The number of hydrogen-bond acceptors (Lipinski definition) is 4. The van der Waals surface area contributed by atoms with Gasteiger partial charge in [0.25, 0.3) is 0 Å². The number of rotatable bonds is 7. The standard InChI is InChI=1S/C14H20N4O2S/c1-2-12-5-6-13(11-14(12)15)21(19,20)17-8-4-10-18-9-3-7-16-18/h3,5-7,9,11,17H,2,4,8,10,15H2,1H3. The van der Waals surface area contributed by atoms with E-state index >= 15 is 0 Å². The van der Waals surface area contributed by atoms with Crippen molar-refractivity contribution in [1.82, 2.24) is 14.5 Å². The Morgan fingerprint density at radius 2 is 2.19 bits per heavy atom. The van der Waals surface area contributed by atoms with Crippen molar-refractivity contribution in [3.8, 4) is 0 Å². The van der Waals surface area contributed by atoms with Crippen LogP contribution in [0.25, 0.3) is 0 Å². The predicted octanol–water partition coefficient (Wildman–Crippen LogP) is 1.40. The topological polar surface area (TPSA) is 90.0 Å². The lowest BCUT2D eigenvalue weighted by Gasteiger charge is -2.09. The first-order chi connectivity index (χ1) is 10.0. The number of nitrogens with zero attached hydrogens (tertiary/aromatic N) is 2. The number of hydrogen-bond donors (Lipinski definition) is 2. The van der Waals surface area contributed by atoms with Crippen molar-refractivity contribution in [2.75, 3.05) is 12.3 Å². The Morgan fingerprint density at radius 1 is 1.38 bits per heavy atom. The van der Waals surface area contributed by atoms with Crippen molar-refractivity contribution in [3.63, 3.8) is 0 Å². The van der Waals surface area contributed by atoms with Gasteiger partial charge in [-0.05, 0) is 36.6 Å². The van der Waals surface area contributed by atoms with Crippen molar-refractivity contribution < 1.29 is 8.42 Å². The summed E-state index contributed by atoms with van der Waals surface area (Å²) < 4.78 is 28.7. The number of nitrogens with two attached hydrogens (primary N) is 1. The third kappa shape index (κ3) is 4.05. The van der Waals surface area contributed by atoms with Gasteiger partial charge in [0, 0.05) is 31.2 Å². The first kappa shape index (κ1) is 15.5. The molecule has 21 heavy (non-hydrogen) atoms. The average molecular weight is 308 g/mol. The summed E-state index contributed by atoms with van der Waals surface area (Å²) in [6, 6.07) is 6.69. The van der Waals surface area contributed by atoms with Gasteiger partial charge in [-0.15, -0.1) is 0 Å². The van der Waals surface area contributed by atoms with Crippen molar-refractivity contribution in [2.24, 2.45) is 0 Å². The van der Waals surface area contributed by atoms with Crippen LogP contribution in [0, 0.1) is 0 Å². The van der Waals surface area contributed by atoms with Gasteiger partial charge in [0.2, 0.25) is 10.0 Å². The molecule has 0 unspecified atom stereocenters. The minimum Gasteiger partial charge on any atom is -0.398 e. The van der Waals surface area contributed by atoms with E-state index < -0.39 is 10.0 Å². The highest BCUT2D eigenvalue weighted by Crippen LogP contribution is 2.18. The van der Waals surface area contributed by atoms with E-state index in [9.17, 15) is 8.42 Å². The fourth-order valence-electron chi connectivity index (χ4n) is 2.03. The van der Waals surface area contributed by atoms with E-state index in [0.717, 1.165) is 12.0 Å². The fourth-order valence-corrected chi connectivity index (χ4v) is 3.13. The molecule has 0 saturated heterocycles. The molecular weight excluding hydrogens is 288 g/mol. The maximum atomic E-state index is 12.2. The third-order valence-electron chi connectivity index (χ3n) is 3.22. The van der Waals surface area contributed by atoms with Gasteiger partial charge >= 0.3 is 0 Å². The second-order valence-electron chi connectivity index (χ2n) is 4.73. The van der Waals surface area contributed by atoms with Gasteiger partial charge in [0.1, 0.15) is 0 Å². The van der Waals surface area contributed by atoms with Crippen LogP contribution in [-0.4, -0.2) is 24.7 Å². The molecular formula is C14H20N4O2S. The Labute approximate surface area is 125 Å². The van der Waals surface area contributed by atoms with E-state index in [2.05, 4.69) is 9.82 Å². The third-order valence-corrected chi connectivity index (χ3v) is 4.68. The summed E-state index contributed by atoms with van der Waals surface area (Å²) in [4.78, 5) is 0.205. The molecule has 6 nitrogen and oxygen atoms in total. The average Bonchev–Trinajstić information content (AvgIpc) is 2.97. The zero-order valence-corrected chi connectivity index (χ0v) is 12.8. The maximum absolute atomic E-state index is 12.2. The summed E-state index contributed by atoms with van der Waals surface area (Å²) in [6.07, 6.45) is 4.99. The van der Waals surface area contributed by atoms with Crippen molar-refractivity contribution in [1.29, 1.82) is 0 Å². The van der Waals surface area contributed by atoms with Crippen molar-refractivity contribution >= 4 is 15.7 Å². The lowest BCUT2D eigenvalue weighted by Crippen LogP contribution is -2.25. The molecule has 0 aliphatic heterocycles. The molecule has 1 aromatic heterocycles. The molecule has 0 radical (unpaired) electrons. The van der Waals surface area contributed by atoms with Crippen LogP contribution in [0.4, 0.5) is 5.69 Å². The summed E-state index contributed by atoms with van der Waals surface area (Å²) in [6.45, 7) is 3.01. The Kier molecular flexibility index (Phi) is 4.98. The van der Waals surface area contributed by atoms with E-state index in [1.807, 2.05) is 19.2 Å². The zero-order chi connectivity index (χ0) is 15.3. The van der Waals surface area contributed by atoms with Crippen LogP contribution in [0.5, 0.6) is 0 Å². The van der Waals surface area contributed by atoms with Crippen LogP contribution in [0.2, 0.25) is 0 Å². The van der Waals surface area contributed by atoms with E-state index in [1.54, 1.807) is 23.0 Å². The Hall–Kier alpha value is -1.86. The predicted molar refractivity (Wildman–Crippen MR) is 82.3 cm³/mol. The van der Waals surface area contributed by atoms with E-state index in [4.69, 9.17) is 5.73 Å². The molecule has 0 spiro atoms. The van der Waals surface area contributed by atoms with Crippen LogP contribution in [0.1, 0.15) is 18.9 Å². The van der Waals surface area contributed by atoms with Crippen LogP contribution in [0.3, 0.4) is 0 Å². The Morgan fingerprint density at radius 3 is 2.81 bits per heavy atom. The second-order valence-corrected chi connectivity index (χ2v) is 6.50. The number of benzene rings is 1. The smallest absolute Gasteiger partial charge is 0.240 e. The molecule has 0 atom stereocenters. The van der Waals surface area contributed by atoms with Crippen LogP contribution in [0.15, 0.2) is 41.6 Å². The molecule has 0 saturated carbocycles. The SMILES string of the molecule is CCc1ccc(S(=O)(=O)NCCCn2cccn2)cc1N. The van der Waals surface area contributed by atoms with Crippen LogP contribution in [-0.2, 0) is 23.0 Å². The van der Waals surface area contributed by atoms with Crippen LogP contribution < -0.4 is 10.5 Å². The highest BCUT2D eigenvalue weighted by molar-refractivity contribution is 7.89. The molecule has 1 heterocycles. The molecule has 2 rings (SSSR count). The van der Waals surface area contributed by atoms with Gasteiger partial charge < -0.3 is 5.73 Å². The second kappa shape index (κ2) is 6.73. The van der Waals surface area contributed by atoms with E-state index in [0.29, 0.717) is 25.2 Å². The van der Waals surface area contributed by atoms with E-state index in [1.165, 1.54) is 6.07 Å². The van der Waals surface area contributed by atoms with E-state index in [-0.39, 0.29) is 4.90 Å². The Bertz CT molecular complexity index is 681. The van der Waals surface area contributed by atoms with Gasteiger partial charge in [-0.3, -0.25) is 4.68 Å². The summed E-state index contributed by atoms with van der Waals surface area (Å²) in [5, 5.41) is 4.06. The lowest BCUT2D eigenvalue weighted by molar-refractivity contribution is 0.553. The quantitative estimate of drug-likeness (QED) is 0.597.